The van der Waals surface area contributed by atoms with Crippen molar-refractivity contribution in [2.24, 2.45) is 0 Å². The van der Waals surface area contributed by atoms with Crippen LogP contribution in [-0.2, 0) is 0 Å². The molecule has 2 aromatic carbocycles. The van der Waals surface area contributed by atoms with Crippen LogP contribution in [0.4, 0.5) is 10.1 Å². The number of anilines is 1. The van der Waals surface area contributed by atoms with E-state index in [1.54, 1.807) is 18.2 Å². The smallest absolute Gasteiger partial charge is 0.152 e. The molecular formula is C15H10FN3OS. The highest BCUT2D eigenvalue weighted by Gasteiger charge is 2.13. The van der Waals surface area contributed by atoms with Gasteiger partial charge in [-0.3, -0.25) is 0 Å². The quantitative estimate of drug-likeness (QED) is 0.726. The van der Waals surface area contributed by atoms with E-state index in [2.05, 4.69) is 4.98 Å². The van der Waals surface area contributed by atoms with E-state index in [4.69, 9.17) is 15.7 Å². The zero-order valence-corrected chi connectivity index (χ0v) is 11.9. The molecule has 0 atom stereocenters. The van der Waals surface area contributed by atoms with Crippen molar-refractivity contribution < 1.29 is 9.13 Å². The summed E-state index contributed by atoms with van der Waals surface area (Å²) in [6.45, 7) is 1.90. The lowest BCUT2D eigenvalue weighted by molar-refractivity contribution is 0.477. The van der Waals surface area contributed by atoms with Gasteiger partial charge in [-0.1, -0.05) is 6.07 Å². The van der Waals surface area contributed by atoms with Gasteiger partial charge >= 0.3 is 0 Å². The molecule has 0 aliphatic rings. The number of halogens is 1. The van der Waals surface area contributed by atoms with Crippen LogP contribution in [0.5, 0.6) is 11.5 Å². The Bertz CT molecular complexity index is 882. The second-order valence-corrected chi connectivity index (χ2v) is 5.65. The number of hydrogen-bond donors (Lipinski definition) is 1. The fraction of sp³-hybridized carbons (Fsp3) is 0.0667. The second-order valence-electron chi connectivity index (χ2n) is 4.42. The maximum atomic E-state index is 13.6. The van der Waals surface area contributed by atoms with Gasteiger partial charge in [0.25, 0.3) is 0 Å². The molecule has 0 fully saturated rings. The monoisotopic (exact) mass is 299 g/mol. The maximum Gasteiger partial charge on any atom is 0.152 e. The van der Waals surface area contributed by atoms with Gasteiger partial charge in [0.2, 0.25) is 0 Å². The Morgan fingerprint density at radius 3 is 2.90 bits per heavy atom. The Hall–Kier alpha value is -2.65. The Balaban J connectivity index is 2.08. The highest BCUT2D eigenvalue weighted by Crippen LogP contribution is 2.35. The number of aryl methyl sites for hydroxylation is 1. The molecule has 0 radical (unpaired) electrons. The van der Waals surface area contributed by atoms with Crippen LogP contribution in [0.25, 0.3) is 10.2 Å². The van der Waals surface area contributed by atoms with Crippen molar-refractivity contribution in [3.05, 3.63) is 46.7 Å². The van der Waals surface area contributed by atoms with Gasteiger partial charge < -0.3 is 10.5 Å². The molecule has 0 saturated heterocycles. The third-order valence-corrected chi connectivity index (χ3v) is 3.87. The molecule has 1 heterocycles. The Labute approximate surface area is 124 Å². The topological polar surface area (TPSA) is 71.9 Å². The summed E-state index contributed by atoms with van der Waals surface area (Å²) in [5, 5.41) is 9.93. The number of nitriles is 1. The number of aromatic nitrogens is 1. The summed E-state index contributed by atoms with van der Waals surface area (Å²) in [4.78, 5) is 4.36. The standard InChI is InChI=1S/C15H10FN3OS/c1-8-19-12-6-14(11(18)5-15(12)21-8)20-13-4-2-3-10(16)9(13)7-17/h2-6H,18H2,1H3. The average molecular weight is 299 g/mol. The van der Waals surface area contributed by atoms with Crippen molar-refractivity contribution in [2.75, 3.05) is 5.73 Å². The Morgan fingerprint density at radius 1 is 1.33 bits per heavy atom. The first-order chi connectivity index (χ1) is 10.1. The maximum absolute atomic E-state index is 13.6. The molecule has 0 aliphatic heterocycles. The first-order valence-corrected chi connectivity index (χ1v) is 6.93. The molecule has 3 rings (SSSR count). The molecule has 1 aromatic heterocycles. The second kappa shape index (κ2) is 5.04. The summed E-state index contributed by atoms with van der Waals surface area (Å²) < 4.78 is 20.1. The van der Waals surface area contributed by atoms with E-state index in [1.165, 1.54) is 29.5 Å². The van der Waals surface area contributed by atoms with Crippen LogP contribution < -0.4 is 10.5 Å². The molecule has 0 unspecified atom stereocenters. The minimum Gasteiger partial charge on any atom is -0.454 e. The Kier molecular flexibility index (Phi) is 3.20. The van der Waals surface area contributed by atoms with Gasteiger partial charge in [0.15, 0.2) is 5.75 Å². The van der Waals surface area contributed by atoms with Crippen LogP contribution in [-0.4, -0.2) is 4.98 Å². The number of hydrogen-bond acceptors (Lipinski definition) is 5. The van der Waals surface area contributed by atoms with E-state index >= 15 is 0 Å². The fourth-order valence-electron chi connectivity index (χ4n) is 1.99. The van der Waals surface area contributed by atoms with Gasteiger partial charge in [-0.15, -0.1) is 11.3 Å². The fourth-order valence-corrected chi connectivity index (χ4v) is 2.85. The molecule has 2 N–H and O–H groups in total. The minimum atomic E-state index is -0.626. The molecule has 21 heavy (non-hydrogen) atoms. The Morgan fingerprint density at radius 2 is 2.14 bits per heavy atom. The lowest BCUT2D eigenvalue weighted by atomic mass is 10.2. The van der Waals surface area contributed by atoms with E-state index in [0.29, 0.717) is 11.4 Å². The summed E-state index contributed by atoms with van der Waals surface area (Å²) >= 11 is 1.53. The molecular weight excluding hydrogens is 289 g/mol. The van der Waals surface area contributed by atoms with E-state index in [9.17, 15) is 4.39 Å². The largest absolute Gasteiger partial charge is 0.454 e. The number of benzene rings is 2. The molecule has 0 bridgehead atoms. The van der Waals surface area contributed by atoms with Crippen molar-refractivity contribution in [3.63, 3.8) is 0 Å². The summed E-state index contributed by atoms with van der Waals surface area (Å²) in [6.07, 6.45) is 0. The first kappa shape index (κ1) is 13.3. The van der Waals surface area contributed by atoms with E-state index in [1.807, 2.05) is 6.92 Å². The van der Waals surface area contributed by atoms with Crippen molar-refractivity contribution in [1.82, 2.24) is 4.98 Å². The number of nitrogens with zero attached hydrogens (tertiary/aromatic N) is 2. The van der Waals surface area contributed by atoms with Crippen LogP contribution in [0, 0.1) is 24.1 Å². The molecule has 6 heteroatoms. The number of nitrogen functional groups attached to an aromatic ring is 1. The number of thiazole rings is 1. The zero-order valence-electron chi connectivity index (χ0n) is 11.1. The molecule has 0 aliphatic carbocycles. The van der Waals surface area contributed by atoms with Crippen molar-refractivity contribution in [3.8, 4) is 17.6 Å². The molecule has 3 aromatic rings. The van der Waals surface area contributed by atoms with Gasteiger partial charge in [0.05, 0.1) is 20.9 Å². The van der Waals surface area contributed by atoms with Gasteiger partial charge in [-0.05, 0) is 25.1 Å². The normalized spacial score (nSPS) is 10.5. The van der Waals surface area contributed by atoms with Crippen molar-refractivity contribution in [2.45, 2.75) is 6.92 Å². The number of nitrogens with two attached hydrogens (primary N) is 1. The summed E-state index contributed by atoms with van der Waals surface area (Å²) in [6, 6.07) is 9.46. The lowest BCUT2D eigenvalue weighted by Gasteiger charge is -2.10. The van der Waals surface area contributed by atoms with Gasteiger partial charge in [0, 0.05) is 6.07 Å². The third kappa shape index (κ3) is 2.39. The summed E-state index contributed by atoms with van der Waals surface area (Å²) in [5.41, 5.74) is 6.98. The molecule has 104 valence electrons. The van der Waals surface area contributed by atoms with E-state index < -0.39 is 5.82 Å². The van der Waals surface area contributed by atoms with Gasteiger partial charge in [0.1, 0.15) is 23.2 Å². The van der Waals surface area contributed by atoms with Crippen LogP contribution >= 0.6 is 11.3 Å². The third-order valence-electron chi connectivity index (χ3n) is 2.93. The van der Waals surface area contributed by atoms with Crippen LogP contribution in [0.2, 0.25) is 0 Å². The summed E-state index contributed by atoms with van der Waals surface area (Å²) in [7, 11) is 0. The van der Waals surface area contributed by atoms with Gasteiger partial charge in [-0.25, -0.2) is 9.37 Å². The highest BCUT2D eigenvalue weighted by molar-refractivity contribution is 7.18. The van der Waals surface area contributed by atoms with Crippen LogP contribution in [0.15, 0.2) is 30.3 Å². The molecule has 0 spiro atoms. The number of fused-ring (bicyclic) bond motifs is 1. The highest BCUT2D eigenvalue weighted by atomic mass is 32.1. The van der Waals surface area contributed by atoms with Gasteiger partial charge in [-0.2, -0.15) is 5.26 Å². The van der Waals surface area contributed by atoms with E-state index in [0.717, 1.165) is 15.2 Å². The van der Waals surface area contributed by atoms with E-state index in [-0.39, 0.29) is 11.3 Å². The lowest BCUT2D eigenvalue weighted by Crippen LogP contribution is -1.95. The molecule has 4 nitrogen and oxygen atoms in total. The average Bonchev–Trinajstić information content (AvgIpc) is 2.78. The SMILES string of the molecule is Cc1nc2cc(Oc3cccc(F)c3C#N)c(N)cc2s1. The summed E-state index contributed by atoms with van der Waals surface area (Å²) in [5.74, 6) is -0.135. The first-order valence-electron chi connectivity index (χ1n) is 6.11. The predicted octanol–water partition coefficient (Wildman–Crippen LogP) is 3.99. The number of rotatable bonds is 2. The molecule has 0 amide bonds. The zero-order chi connectivity index (χ0) is 15.0. The van der Waals surface area contributed by atoms with Crippen molar-refractivity contribution in [1.29, 1.82) is 5.26 Å². The number of ether oxygens (including phenoxy) is 1. The van der Waals surface area contributed by atoms with Crippen LogP contribution in [0.3, 0.4) is 0 Å². The van der Waals surface area contributed by atoms with Crippen molar-refractivity contribution >= 4 is 27.2 Å². The minimum absolute atomic E-state index is 0.135. The van der Waals surface area contributed by atoms with Crippen LogP contribution in [0.1, 0.15) is 10.6 Å². The molecule has 0 saturated carbocycles. The predicted molar refractivity (Wildman–Crippen MR) is 80.0 cm³/mol.